The Bertz CT molecular complexity index is 349. The lowest BCUT2D eigenvalue weighted by Gasteiger charge is -2.23. The standard InChI is InChI=1S/C12H16F3NO/c1-7(2)11(8(3)17)10-5-4-9(6-16-10)12(13,14)15/h4-8,11,17H,1-3H3. The molecule has 1 heterocycles. The van der Waals surface area contributed by atoms with E-state index in [0.29, 0.717) is 5.69 Å². The van der Waals surface area contributed by atoms with Gasteiger partial charge in [-0.15, -0.1) is 0 Å². The molecule has 0 aromatic carbocycles. The summed E-state index contributed by atoms with van der Waals surface area (Å²) < 4.78 is 37.0. The smallest absolute Gasteiger partial charge is 0.393 e. The summed E-state index contributed by atoms with van der Waals surface area (Å²) in [4.78, 5) is 3.81. The highest BCUT2D eigenvalue weighted by Gasteiger charge is 2.31. The fourth-order valence-corrected chi connectivity index (χ4v) is 1.92. The van der Waals surface area contributed by atoms with E-state index < -0.39 is 17.8 Å². The minimum Gasteiger partial charge on any atom is -0.393 e. The number of hydrogen-bond donors (Lipinski definition) is 1. The van der Waals surface area contributed by atoms with E-state index in [0.717, 1.165) is 12.3 Å². The van der Waals surface area contributed by atoms with E-state index in [1.54, 1.807) is 6.92 Å². The van der Waals surface area contributed by atoms with Crippen molar-refractivity contribution in [2.75, 3.05) is 0 Å². The molecule has 0 radical (unpaired) electrons. The van der Waals surface area contributed by atoms with Gasteiger partial charge in [-0.25, -0.2) is 0 Å². The van der Waals surface area contributed by atoms with Gasteiger partial charge in [-0.05, 0) is 25.0 Å². The number of rotatable bonds is 3. The highest BCUT2D eigenvalue weighted by atomic mass is 19.4. The molecule has 0 aliphatic rings. The predicted octanol–water partition coefficient (Wildman–Crippen LogP) is 3.22. The Morgan fingerprint density at radius 1 is 1.18 bits per heavy atom. The average molecular weight is 247 g/mol. The Kier molecular flexibility index (Phi) is 4.14. The SMILES string of the molecule is CC(C)C(c1ccc(C(F)(F)F)cn1)C(C)O. The van der Waals surface area contributed by atoms with Gasteiger partial charge in [-0.2, -0.15) is 13.2 Å². The summed E-state index contributed by atoms with van der Waals surface area (Å²) in [5, 5.41) is 9.60. The molecule has 17 heavy (non-hydrogen) atoms. The zero-order valence-corrected chi connectivity index (χ0v) is 9.99. The molecular weight excluding hydrogens is 231 g/mol. The zero-order chi connectivity index (χ0) is 13.2. The largest absolute Gasteiger partial charge is 0.417 e. The van der Waals surface area contributed by atoms with E-state index in [2.05, 4.69) is 4.98 Å². The molecule has 5 heteroatoms. The van der Waals surface area contributed by atoms with Gasteiger partial charge in [0.15, 0.2) is 0 Å². The second-order valence-corrected chi connectivity index (χ2v) is 4.48. The first-order valence-corrected chi connectivity index (χ1v) is 5.44. The van der Waals surface area contributed by atoms with E-state index >= 15 is 0 Å². The number of alkyl halides is 3. The van der Waals surface area contributed by atoms with Gasteiger partial charge < -0.3 is 5.11 Å². The average Bonchev–Trinajstić information content (AvgIpc) is 2.15. The molecule has 2 nitrogen and oxygen atoms in total. The number of hydrogen-bond acceptors (Lipinski definition) is 2. The van der Waals surface area contributed by atoms with Crippen LogP contribution < -0.4 is 0 Å². The minimum absolute atomic E-state index is 0.110. The van der Waals surface area contributed by atoms with E-state index in [4.69, 9.17) is 0 Å². The van der Waals surface area contributed by atoms with Crippen molar-refractivity contribution in [3.63, 3.8) is 0 Å². The monoisotopic (exact) mass is 247 g/mol. The molecule has 0 spiro atoms. The van der Waals surface area contributed by atoms with Gasteiger partial charge in [-0.1, -0.05) is 13.8 Å². The van der Waals surface area contributed by atoms with Gasteiger partial charge in [0.1, 0.15) is 0 Å². The highest BCUT2D eigenvalue weighted by molar-refractivity contribution is 5.20. The van der Waals surface area contributed by atoms with Gasteiger partial charge in [0, 0.05) is 17.8 Å². The first-order valence-electron chi connectivity index (χ1n) is 5.44. The summed E-state index contributed by atoms with van der Waals surface area (Å²) in [6.07, 6.45) is -4.20. The summed E-state index contributed by atoms with van der Waals surface area (Å²) in [7, 11) is 0. The van der Waals surface area contributed by atoms with Gasteiger partial charge in [0.2, 0.25) is 0 Å². The molecule has 1 rings (SSSR count). The lowest BCUT2D eigenvalue weighted by Crippen LogP contribution is -2.21. The molecule has 0 aliphatic carbocycles. The van der Waals surface area contributed by atoms with Crippen LogP contribution in [0.5, 0.6) is 0 Å². The summed E-state index contributed by atoms with van der Waals surface area (Å²) in [5.41, 5.74) is -0.280. The van der Waals surface area contributed by atoms with Crippen molar-refractivity contribution in [3.05, 3.63) is 29.6 Å². The summed E-state index contributed by atoms with van der Waals surface area (Å²) in [5.74, 6) is -0.142. The molecule has 0 saturated heterocycles. The third-order valence-electron chi connectivity index (χ3n) is 2.69. The van der Waals surface area contributed by atoms with Gasteiger partial charge in [-0.3, -0.25) is 4.98 Å². The van der Waals surface area contributed by atoms with E-state index in [-0.39, 0.29) is 11.8 Å². The van der Waals surface area contributed by atoms with Crippen molar-refractivity contribution >= 4 is 0 Å². The topological polar surface area (TPSA) is 33.1 Å². The first-order chi connectivity index (χ1) is 7.73. The maximum absolute atomic E-state index is 12.3. The number of aliphatic hydroxyl groups is 1. The molecule has 1 aromatic rings. The summed E-state index contributed by atoms with van der Waals surface area (Å²) in [6, 6.07) is 2.33. The molecule has 1 N–H and O–H groups in total. The number of aromatic nitrogens is 1. The number of aliphatic hydroxyl groups excluding tert-OH is 1. The minimum atomic E-state index is -4.37. The molecule has 0 amide bonds. The van der Waals surface area contributed by atoms with Gasteiger partial charge in [0.05, 0.1) is 11.7 Å². The lowest BCUT2D eigenvalue weighted by molar-refractivity contribution is -0.137. The third-order valence-corrected chi connectivity index (χ3v) is 2.69. The van der Waals surface area contributed by atoms with Crippen LogP contribution in [0.2, 0.25) is 0 Å². The molecule has 0 fully saturated rings. The number of pyridine rings is 1. The summed E-state index contributed by atoms with van der Waals surface area (Å²) in [6.45, 7) is 5.41. The fourth-order valence-electron chi connectivity index (χ4n) is 1.92. The number of nitrogens with zero attached hydrogens (tertiary/aromatic N) is 1. The predicted molar refractivity (Wildman–Crippen MR) is 58.5 cm³/mol. The molecule has 0 aliphatic heterocycles. The molecule has 2 atom stereocenters. The molecular formula is C12H16F3NO. The van der Waals surface area contributed by atoms with Crippen molar-refractivity contribution in [2.45, 2.75) is 39.0 Å². The van der Waals surface area contributed by atoms with Crippen LogP contribution >= 0.6 is 0 Å². The molecule has 96 valence electrons. The Morgan fingerprint density at radius 2 is 1.76 bits per heavy atom. The van der Waals surface area contributed by atoms with Crippen molar-refractivity contribution in [2.24, 2.45) is 5.92 Å². The molecule has 0 saturated carbocycles. The van der Waals surface area contributed by atoms with Crippen molar-refractivity contribution in [1.29, 1.82) is 0 Å². The number of halogens is 3. The van der Waals surface area contributed by atoms with Crippen LogP contribution in [0, 0.1) is 5.92 Å². The Hall–Kier alpha value is -1.10. The maximum Gasteiger partial charge on any atom is 0.417 e. The van der Waals surface area contributed by atoms with E-state index in [1.807, 2.05) is 13.8 Å². The Morgan fingerprint density at radius 3 is 2.06 bits per heavy atom. The Balaban J connectivity index is 3.01. The van der Waals surface area contributed by atoms with Crippen LogP contribution in [0.3, 0.4) is 0 Å². The van der Waals surface area contributed by atoms with Crippen LogP contribution in [0.1, 0.15) is 37.9 Å². The van der Waals surface area contributed by atoms with Gasteiger partial charge >= 0.3 is 6.18 Å². The third kappa shape index (κ3) is 3.43. The fraction of sp³-hybridized carbons (Fsp3) is 0.583. The summed E-state index contributed by atoms with van der Waals surface area (Å²) >= 11 is 0. The van der Waals surface area contributed by atoms with Gasteiger partial charge in [0.25, 0.3) is 0 Å². The van der Waals surface area contributed by atoms with Crippen LogP contribution in [0.4, 0.5) is 13.2 Å². The quantitative estimate of drug-likeness (QED) is 0.889. The van der Waals surface area contributed by atoms with E-state index in [1.165, 1.54) is 6.07 Å². The van der Waals surface area contributed by atoms with Crippen LogP contribution in [0.25, 0.3) is 0 Å². The van der Waals surface area contributed by atoms with E-state index in [9.17, 15) is 18.3 Å². The molecule has 1 aromatic heterocycles. The highest BCUT2D eigenvalue weighted by Crippen LogP contribution is 2.31. The van der Waals surface area contributed by atoms with Crippen LogP contribution in [-0.4, -0.2) is 16.2 Å². The second kappa shape index (κ2) is 5.04. The van der Waals surface area contributed by atoms with Crippen LogP contribution in [-0.2, 0) is 6.18 Å². The Labute approximate surface area is 98.5 Å². The van der Waals surface area contributed by atoms with Crippen LogP contribution in [0.15, 0.2) is 18.3 Å². The molecule has 2 unspecified atom stereocenters. The maximum atomic E-state index is 12.3. The normalized spacial score (nSPS) is 16.0. The zero-order valence-electron chi connectivity index (χ0n) is 9.99. The first kappa shape index (κ1) is 14.0. The van der Waals surface area contributed by atoms with Crippen molar-refractivity contribution in [1.82, 2.24) is 4.98 Å². The molecule has 0 bridgehead atoms. The van der Waals surface area contributed by atoms with Crippen molar-refractivity contribution < 1.29 is 18.3 Å². The second-order valence-electron chi connectivity index (χ2n) is 4.48. The van der Waals surface area contributed by atoms with Crippen molar-refractivity contribution in [3.8, 4) is 0 Å². The lowest BCUT2D eigenvalue weighted by atomic mass is 9.87.